The molecule has 0 atom stereocenters. The first kappa shape index (κ1) is 24.7. The number of nitrogens with zero attached hydrogens (tertiary/aromatic N) is 3. The number of rotatable bonds is 4. The fraction of sp³-hybridized carbons (Fsp3) is 0.500. The van der Waals surface area contributed by atoms with E-state index in [1.807, 2.05) is 47.4 Å². The molecule has 2 aliphatic heterocycles. The van der Waals surface area contributed by atoms with Crippen molar-refractivity contribution in [3.05, 3.63) is 65.7 Å². The summed E-state index contributed by atoms with van der Waals surface area (Å²) in [6.07, 6.45) is 3.44. The van der Waals surface area contributed by atoms with Gasteiger partial charge in [-0.25, -0.2) is 8.42 Å². The van der Waals surface area contributed by atoms with Crippen LogP contribution in [-0.2, 0) is 32.6 Å². The average Bonchev–Trinajstić information content (AvgIpc) is 2.87. The Morgan fingerprint density at radius 3 is 2.38 bits per heavy atom. The Hall–Kier alpha value is -2.42. The van der Waals surface area contributed by atoms with E-state index < -0.39 is 10.0 Å². The van der Waals surface area contributed by atoms with Crippen LogP contribution in [0.1, 0.15) is 30.4 Å². The quantitative estimate of drug-likeness (QED) is 0.666. The van der Waals surface area contributed by atoms with E-state index in [2.05, 4.69) is 17.0 Å². The fourth-order valence-electron chi connectivity index (χ4n) is 4.84. The number of carbonyl (C=O) groups excluding carboxylic acids is 1. The molecule has 0 N–H and O–H groups in total. The van der Waals surface area contributed by atoms with Gasteiger partial charge in [0.1, 0.15) is 0 Å². The maximum atomic E-state index is 13.6. The fourth-order valence-corrected chi connectivity index (χ4v) is 5.84. The summed E-state index contributed by atoms with van der Waals surface area (Å²) in [5.74, 6) is 0.0996. The van der Waals surface area contributed by atoms with Crippen LogP contribution in [0.25, 0.3) is 0 Å². The first-order valence-corrected chi connectivity index (χ1v) is 13.9. The number of ether oxygens (including phenoxy) is 1. The molecule has 0 saturated carbocycles. The Morgan fingerprint density at radius 2 is 1.65 bits per heavy atom. The number of hydrogen-bond acceptors (Lipinski definition) is 5. The highest BCUT2D eigenvalue weighted by Crippen LogP contribution is 2.27. The molecule has 2 aromatic rings. The summed E-state index contributed by atoms with van der Waals surface area (Å²) in [6, 6.07) is 17.9. The summed E-state index contributed by atoms with van der Waals surface area (Å²) in [5, 5.41) is 0. The maximum Gasteiger partial charge on any atom is 0.232 e. The molecule has 2 aromatic carbocycles. The van der Waals surface area contributed by atoms with E-state index in [4.69, 9.17) is 4.74 Å². The largest absolute Gasteiger partial charge is 0.381 e. The van der Waals surface area contributed by atoms with E-state index in [0.717, 1.165) is 38.0 Å². The van der Waals surface area contributed by atoms with E-state index in [0.29, 0.717) is 45.0 Å². The Balaban J connectivity index is 1.64. The highest BCUT2D eigenvalue weighted by molar-refractivity contribution is 7.92. The van der Waals surface area contributed by atoms with Gasteiger partial charge in [0.15, 0.2) is 0 Å². The Kier molecular flexibility index (Phi) is 8.24. The number of hydrogen-bond donors (Lipinski definition) is 0. The third-order valence-corrected chi connectivity index (χ3v) is 7.85. The molecule has 2 aliphatic rings. The lowest BCUT2D eigenvalue weighted by molar-refractivity contribution is -0.139. The summed E-state index contributed by atoms with van der Waals surface area (Å²) >= 11 is 0. The van der Waals surface area contributed by atoms with Gasteiger partial charge in [0.25, 0.3) is 0 Å². The van der Waals surface area contributed by atoms with E-state index >= 15 is 0 Å². The SMILES string of the molecule is CS(=O)(=O)N1CCCN(Cc2ccccc2)CCN(C(=O)C2CCOCC2)Cc2ccccc21. The number of amides is 1. The molecule has 0 aliphatic carbocycles. The van der Waals surface area contributed by atoms with Crippen LogP contribution in [0, 0.1) is 5.92 Å². The Labute approximate surface area is 203 Å². The van der Waals surface area contributed by atoms with Gasteiger partial charge >= 0.3 is 0 Å². The lowest BCUT2D eigenvalue weighted by Crippen LogP contribution is -2.42. The molecule has 0 bridgehead atoms. The third kappa shape index (κ3) is 6.37. The molecule has 1 saturated heterocycles. The molecule has 2 heterocycles. The van der Waals surface area contributed by atoms with Crippen LogP contribution in [0.3, 0.4) is 0 Å². The van der Waals surface area contributed by atoms with Crippen LogP contribution in [0.15, 0.2) is 54.6 Å². The van der Waals surface area contributed by atoms with Crippen molar-refractivity contribution in [1.29, 1.82) is 0 Å². The highest BCUT2D eigenvalue weighted by atomic mass is 32.2. The first-order chi connectivity index (χ1) is 16.4. The molecule has 0 aromatic heterocycles. The zero-order valence-electron chi connectivity index (χ0n) is 19.9. The van der Waals surface area contributed by atoms with Crippen LogP contribution in [-0.4, -0.2) is 69.8 Å². The van der Waals surface area contributed by atoms with Crippen LogP contribution in [0.5, 0.6) is 0 Å². The lowest BCUT2D eigenvalue weighted by Gasteiger charge is -2.32. The molecule has 0 unspecified atom stereocenters. The topological polar surface area (TPSA) is 70.2 Å². The van der Waals surface area contributed by atoms with Gasteiger partial charge in [0, 0.05) is 58.4 Å². The molecule has 7 nitrogen and oxygen atoms in total. The van der Waals surface area contributed by atoms with E-state index in [-0.39, 0.29) is 11.8 Å². The van der Waals surface area contributed by atoms with Gasteiger partial charge in [-0.15, -0.1) is 0 Å². The average molecular weight is 486 g/mol. The molecule has 1 amide bonds. The smallest absolute Gasteiger partial charge is 0.232 e. The van der Waals surface area contributed by atoms with Crippen molar-refractivity contribution < 1.29 is 17.9 Å². The second-order valence-electron chi connectivity index (χ2n) is 9.23. The van der Waals surface area contributed by atoms with Crippen LogP contribution >= 0.6 is 0 Å². The highest BCUT2D eigenvalue weighted by Gasteiger charge is 2.29. The molecule has 0 spiro atoms. The van der Waals surface area contributed by atoms with Gasteiger partial charge in [0.2, 0.25) is 15.9 Å². The van der Waals surface area contributed by atoms with Crippen LogP contribution in [0.2, 0.25) is 0 Å². The summed E-state index contributed by atoms with van der Waals surface area (Å²) < 4.78 is 32.5. The Bertz CT molecular complexity index is 1050. The van der Waals surface area contributed by atoms with Gasteiger partial charge in [-0.3, -0.25) is 14.0 Å². The zero-order valence-corrected chi connectivity index (χ0v) is 20.8. The van der Waals surface area contributed by atoms with E-state index in [1.165, 1.54) is 16.1 Å². The van der Waals surface area contributed by atoms with Gasteiger partial charge in [-0.2, -0.15) is 0 Å². The predicted molar refractivity (Wildman–Crippen MR) is 134 cm³/mol. The van der Waals surface area contributed by atoms with Gasteiger partial charge in [0.05, 0.1) is 11.9 Å². The molecule has 0 radical (unpaired) electrons. The molecule has 184 valence electrons. The maximum absolute atomic E-state index is 13.6. The van der Waals surface area contributed by atoms with Crippen molar-refractivity contribution in [3.63, 3.8) is 0 Å². The minimum Gasteiger partial charge on any atom is -0.381 e. The molecular formula is C26H35N3O4S. The number of anilines is 1. The molecule has 4 rings (SSSR count). The van der Waals surface area contributed by atoms with Crippen molar-refractivity contribution in [2.45, 2.75) is 32.4 Å². The van der Waals surface area contributed by atoms with Gasteiger partial charge < -0.3 is 9.64 Å². The summed E-state index contributed by atoms with van der Waals surface area (Å²) in [6.45, 7) is 4.91. The normalized spacial score (nSPS) is 19.3. The van der Waals surface area contributed by atoms with Gasteiger partial charge in [-0.1, -0.05) is 48.5 Å². The van der Waals surface area contributed by atoms with Crippen molar-refractivity contribution in [1.82, 2.24) is 9.80 Å². The van der Waals surface area contributed by atoms with Crippen molar-refractivity contribution in [2.75, 3.05) is 50.0 Å². The van der Waals surface area contributed by atoms with E-state index in [9.17, 15) is 13.2 Å². The molecular weight excluding hydrogens is 450 g/mol. The number of para-hydroxylation sites is 1. The second-order valence-corrected chi connectivity index (χ2v) is 11.1. The van der Waals surface area contributed by atoms with Crippen molar-refractivity contribution in [3.8, 4) is 0 Å². The molecule has 1 fully saturated rings. The molecule has 8 heteroatoms. The third-order valence-electron chi connectivity index (χ3n) is 6.67. The number of sulfonamides is 1. The zero-order chi connectivity index (χ0) is 24.0. The lowest BCUT2D eigenvalue weighted by atomic mass is 9.98. The Morgan fingerprint density at radius 1 is 0.941 bits per heavy atom. The predicted octanol–water partition coefficient (Wildman–Crippen LogP) is 3.11. The minimum atomic E-state index is -3.46. The summed E-state index contributed by atoms with van der Waals surface area (Å²) in [4.78, 5) is 17.8. The summed E-state index contributed by atoms with van der Waals surface area (Å²) in [5.41, 5.74) is 2.75. The molecule has 34 heavy (non-hydrogen) atoms. The standard InChI is InChI=1S/C26H35N3O4S/c1-34(31,32)29-15-7-14-27(20-22-8-3-2-4-9-22)16-17-28(21-24-10-5-6-11-25(24)29)26(30)23-12-18-33-19-13-23/h2-6,8-11,23H,7,12-21H2,1H3. The second kappa shape index (κ2) is 11.3. The number of carbonyl (C=O) groups is 1. The monoisotopic (exact) mass is 485 g/mol. The van der Waals surface area contributed by atoms with Crippen molar-refractivity contribution >= 4 is 21.6 Å². The van der Waals surface area contributed by atoms with E-state index in [1.54, 1.807) is 0 Å². The minimum absolute atomic E-state index is 0.0420. The summed E-state index contributed by atoms with van der Waals surface area (Å²) in [7, 11) is -3.46. The number of fused-ring (bicyclic) bond motifs is 1. The van der Waals surface area contributed by atoms with Crippen molar-refractivity contribution in [2.24, 2.45) is 5.92 Å². The van der Waals surface area contributed by atoms with Crippen LogP contribution in [0.4, 0.5) is 5.69 Å². The van der Waals surface area contributed by atoms with Gasteiger partial charge in [-0.05, 0) is 36.5 Å². The first-order valence-electron chi connectivity index (χ1n) is 12.1. The van der Waals surface area contributed by atoms with Crippen LogP contribution < -0.4 is 4.31 Å². The number of benzene rings is 2.